The summed E-state index contributed by atoms with van der Waals surface area (Å²) in [5.74, 6) is 0.772. The molecule has 5 rings (SSSR count). The number of Topliss-reactive ketones (excluding diaryl/α,β-unsaturated/α-hetero) is 1. The molecule has 0 bridgehead atoms. The SMILES string of the molecule is O=C1CC2CCCC2=C1C(c1ccccc1)(c1ccccc1)c1ccccc1. The molecule has 0 radical (unpaired) electrons. The van der Waals surface area contributed by atoms with Crippen molar-refractivity contribution in [3.8, 4) is 0 Å². The lowest BCUT2D eigenvalue weighted by molar-refractivity contribution is -0.115. The fourth-order valence-electron chi connectivity index (χ4n) is 5.42. The number of carbonyl (C=O) groups excluding carboxylic acids is 1. The second-order valence-electron chi connectivity index (χ2n) is 7.96. The van der Waals surface area contributed by atoms with E-state index < -0.39 is 5.41 Å². The second kappa shape index (κ2) is 6.91. The van der Waals surface area contributed by atoms with Crippen molar-refractivity contribution in [2.75, 3.05) is 0 Å². The molecule has 1 nitrogen and oxygen atoms in total. The summed E-state index contributed by atoms with van der Waals surface area (Å²) >= 11 is 0. The quantitative estimate of drug-likeness (QED) is 0.512. The summed E-state index contributed by atoms with van der Waals surface area (Å²) in [7, 11) is 0. The van der Waals surface area contributed by atoms with Gasteiger partial charge in [-0.3, -0.25) is 4.79 Å². The van der Waals surface area contributed by atoms with Crippen LogP contribution in [0.3, 0.4) is 0 Å². The van der Waals surface area contributed by atoms with E-state index in [2.05, 4.69) is 91.0 Å². The van der Waals surface area contributed by atoms with Crippen LogP contribution in [-0.2, 0) is 10.2 Å². The van der Waals surface area contributed by atoms with Gasteiger partial charge in [0.25, 0.3) is 0 Å². The van der Waals surface area contributed by atoms with Gasteiger partial charge in [-0.1, -0.05) is 96.6 Å². The molecule has 1 heteroatoms. The highest BCUT2D eigenvalue weighted by Gasteiger charge is 2.49. The Morgan fingerprint density at radius 3 is 1.61 bits per heavy atom. The fraction of sp³-hybridized carbons (Fsp3) is 0.222. The van der Waals surface area contributed by atoms with Gasteiger partial charge in [-0.05, 0) is 41.9 Å². The van der Waals surface area contributed by atoms with Crippen molar-refractivity contribution in [2.24, 2.45) is 5.92 Å². The number of hydrogen-bond acceptors (Lipinski definition) is 1. The molecule has 1 atom stereocenters. The standard InChI is InChI=1S/C27H24O/c28-25-19-20-11-10-18-24(20)26(25)27(21-12-4-1-5-13-21,22-14-6-2-7-15-22)23-16-8-3-9-17-23/h1-9,12-17,20H,10-11,18-19H2. The van der Waals surface area contributed by atoms with E-state index in [9.17, 15) is 4.79 Å². The minimum Gasteiger partial charge on any atom is -0.294 e. The van der Waals surface area contributed by atoms with Crippen LogP contribution in [0.5, 0.6) is 0 Å². The Bertz CT molecular complexity index is 919. The maximum absolute atomic E-state index is 13.5. The second-order valence-corrected chi connectivity index (χ2v) is 7.96. The average Bonchev–Trinajstić information content (AvgIpc) is 3.33. The van der Waals surface area contributed by atoms with Crippen LogP contribution in [0.15, 0.2) is 102 Å². The number of allylic oxidation sites excluding steroid dienone is 2. The molecule has 0 heterocycles. The van der Waals surface area contributed by atoms with E-state index in [1.807, 2.05) is 0 Å². The summed E-state index contributed by atoms with van der Waals surface area (Å²) < 4.78 is 0. The number of hydrogen-bond donors (Lipinski definition) is 0. The highest BCUT2D eigenvalue weighted by molar-refractivity contribution is 6.03. The van der Waals surface area contributed by atoms with Crippen LogP contribution in [0, 0.1) is 5.92 Å². The Hall–Kier alpha value is -2.93. The summed E-state index contributed by atoms with van der Waals surface area (Å²) in [6.07, 6.45) is 4.09. The summed E-state index contributed by atoms with van der Waals surface area (Å²) in [5, 5.41) is 0. The number of carbonyl (C=O) groups is 1. The van der Waals surface area contributed by atoms with Crippen molar-refractivity contribution in [2.45, 2.75) is 31.1 Å². The zero-order valence-electron chi connectivity index (χ0n) is 16.0. The van der Waals surface area contributed by atoms with Gasteiger partial charge in [0.2, 0.25) is 0 Å². The molecule has 138 valence electrons. The monoisotopic (exact) mass is 364 g/mol. The van der Waals surface area contributed by atoms with Gasteiger partial charge in [-0.25, -0.2) is 0 Å². The third-order valence-corrected chi connectivity index (χ3v) is 6.52. The number of ketones is 1. The molecular formula is C27H24O. The molecule has 3 aromatic rings. The van der Waals surface area contributed by atoms with E-state index in [4.69, 9.17) is 0 Å². The Morgan fingerprint density at radius 1 is 0.679 bits per heavy atom. The van der Waals surface area contributed by atoms with E-state index >= 15 is 0 Å². The molecule has 28 heavy (non-hydrogen) atoms. The lowest BCUT2D eigenvalue weighted by atomic mass is 9.63. The van der Waals surface area contributed by atoms with E-state index in [1.165, 1.54) is 28.7 Å². The van der Waals surface area contributed by atoms with Crippen LogP contribution in [0.4, 0.5) is 0 Å². The van der Waals surface area contributed by atoms with Crippen molar-refractivity contribution < 1.29 is 4.79 Å². The normalized spacial score (nSPS) is 19.1. The Kier molecular flexibility index (Phi) is 4.24. The maximum Gasteiger partial charge on any atom is 0.161 e. The predicted molar refractivity (Wildman–Crippen MR) is 113 cm³/mol. The third-order valence-electron chi connectivity index (χ3n) is 6.52. The molecule has 1 unspecified atom stereocenters. The summed E-state index contributed by atoms with van der Waals surface area (Å²) in [6, 6.07) is 31.8. The van der Waals surface area contributed by atoms with Crippen LogP contribution < -0.4 is 0 Å². The summed E-state index contributed by atoms with van der Waals surface area (Å²) in [5.41, 5.74) is 5.43. The lowest BCUT2D eigenvalue weighted by Gasteiger charge is -2.38. The Labute approximate surface area is 166 Å². The minimum absolute atomic E-state index is 0.330. The molecular weight excluding hydrogens is 340 g/mol. The van der Waals surface area contributed by atoms with Gasteiger partial charge in [0.1, 0.15) is 0 Å². The number of fused-ring (bicyclic) bond motifs is 1. The molecule has 2 aliphatic rings. The minimum atomic E-state index is -0.546. The smallest absolute Gasteiger partial charge is 0.161 e. The summed E-state index contributed by atoms with van der Waals surface area (Å²) in [4.78, 5) is 13.5. The number of rotatable bonds is 4. The molecule has 0 spiro atoms. The fourth-order valence-corrected chi connectivity index (χ4v) is 5.42. The van der Waals surface area contributed by atoms with Gasteiger partial charge >= 0.3 is 0 Å². The highest BCUT2D eigenvalue weighted by atomic mass is 16.1. The molecule has 0 aromatic heterocycles. The highest BCUT2D eigenvalue weighted by Crippen LogP contribution is 2.54. The third kappa shape index (κ3) is 2.50. The van der Waals surface area contributed by atoms with Gasteiger partial charge in [0.15, 0.2) is 5.78 Å². The van der Waals surface area contributed by atoms with Gasteiger partial charge in [-0.15, -0.1) is 0 Å². The average molecular weight is 364 g/mol. The van der Waals surface area contributed by atoms with Crippen LogP contribution in [0.25, 0.3) is 0 Å². The largest absolute Gasteiger partial charge is 0.294 e. The van der Waals surface area contributed by atoms with Crippen molar-refractivity contribution in [3.63, 3.8) is 0 Å². The van der Waals surface area contributed by atoms with Crippen LogP contribution >= 0.6 is 0 Å². The van der Waals surface area contributed by atoms with Crippen molar-refractivity contribution in [1.82, 2.24) is 0 Å². The van der Waals surface area contributed by atoms with E-state index in [1.54, 1.807) is 0 Å². The molecule has 0 N–H and O–H groups in total. The first-order chi connectivity index (χ1) is 13.8. The lowest BCUT2D eigenvalue weighted by Crippen LogP contribution is -2.34. The summed E-state index contributed by atoms with van der Waals surface area (Å²) in [6.45, 7) is 0. The first-order valence-electron chi connectivity index (χ1n) is 10.2. The van der Waals surface area contributed by atoms with Crippen molar-refractivity contribution in [1.29, 1.82) is 0 Å². The zero-order chi connectivity index (χ0) is 19.0. The van der Waals surface area contributed by atoms with Crippen molar-refractivity contribution >= 4 is 5.78 Å². The van der Waals surface area contributed by atoms with E-state index in [-0.39, 0.29) is 0 Å². The van der Waals surface area contributed by atoms with E-state index in [0.29, 0.717) is 18.1 Å². The van der Waals surface area contributed by atoms with Gasteiger partial charge < -0.3 is 0 Å². The number of benzene rings is 3. The first kappa shape index (κ1) is 17.2. The van der Waals surface area contributed by atoms with Crippen LogP contribution in [0.2, 0.25) is 0 Å². The van der Waals surface area contributed by atoms with E-state index in [0.717, 1.165) is 18.4 Å². The molecule has 1 saturated carbocycles. The zero-order valence-corrected chi connectivity index (χ0v) is 16.0. The molecule has 1 fully saturated rings. The molecule has 0 amide bonds. The molecule has 3 aromatic carbocycles. The predicted octanol–water partition coefficient (Wildman–Crippen LogP) is 6.09. The first-order valence-corrected chi connectivity index (χ1v) is 10.2. The van der Waals surface area contributed by atoms with Crippen LogP contribution in [0.1, 0.15) is 42.4 Å². The molecule has 0 aliphatic heterocycles. The Balaban J connectivity index is 1.92. The van der Waals surface area contributed by atoms with Gasteiger partial charge in [-0.2, -0.15) is 0 Å². The maximum atomic E-state index is 13.5. The molecule has 2 aliphatic carbocycles. The molecule has 0 saturated heterocycles. The Morgan fingerprint density at radius 2 is 1.14 bits per heavy atom. The van der Waals surface area contributed by atoms with Crippen LogP contribution in [-0.4, -0.2) is 5.78 Å². The topological polar surface area (TPSA) is 17.1 Å². The van der Waals surface area contributed by atoms with Gasteiger partial charge in [0.05, 0.1) is 5.41 Å². The van der Waals surface area contributed by atoms with Crippen molar-refractivity contribution in [3.05, 3.63) is 119 Å². The van der Waals surface area contributed by atoms with Gasteiger partial charge in [0, 0.05) is 12.0 Å².